The molecular formula is C16H21NO3. The van der Waals surface area contributed by atoms with E-state index in [0.29, 0.717) is 18.7 Å². The topological polar surface area (TPSA) is 46.6 Å². The molecule has 0 aromatic heterocycles. The van der Waals surface area contributed by atoms with E-state index in [-0.39, 0.29) is 18.0 Å². The van der Waals surface area contributed by atoms with Crippen LogP contribution in [0.5, 0.6) is 0 Å². The molecule has 0 atom stereocenters. The van der Waals surface area contributed by atoms with Gasteiger partial charge in [0.05, 0.1) is 11.7 Å². The third-order valence-corrected chi connectivity index (χ3v) is 2.70. The predicted octanol–water partition coefficient (Wildman–Crippen LogP) is 2.79. The van der Waals surface area contributed by atoms with Gasteiger partial charge in [0.2, 0.25) is 5.91 Å². The molecule has 0 fully saturated rings. The molecular weight excluding hydrogens is 254 g/mol. The fraction of sp³-hybridized carbons (Fsp3) is 0.375. The number of benzene rings is 1. The normalized spacial score (nSPS) is 10.2. The van der Waals surface area contributed by atoms with Gasteiger partial charge in [-0.15, -0.1) is 6.58 Å². The van der Waals surface area contributed by atoms with Crippen molar-refractivity contribution in [3.05, 3.63) is 48.0 Å². The van der Waals surface area contributed by atoms with Gasteiger partial charge in [0.1, 0.15) is 0 Å². The van der Waals surface area contributed by atoms with Crippen molar-refractivity contribution in [2.45, 2.75) is 33.4 Å². The third-order valence-electron chi connectivity index (χ3n) is 2.70. The van der Waals surface area contributed by atoms with Gasteiger partial charge in [0.25, 0.3) is 0 Å². The molecule has 4 nitrogen and oxygen atoms in total. The number of amides is 1. The molecule has 1 rings (SSSR count). The van der Waals surface area contributed by atoms with Crippen LogP contribution in [0.1, 0.15) is 36.7 Å². The van der Waals surface area contributed by atoms with Gasteiger partial charge < -0.3 is 9.64 Å². The molecule has 0 saturated heterocycles. The molecule has 0 aliphatic heterocycles. The maximum absolute atomic E-state index is 11.7. The Morgan fingerprint density at radius 1 is 1.30 bits per heavy atom. The summed E-state index contributed by atoms with van der Waals surface area (Å²) >= 11 is 0. The first-order valence-corrected chi connectivity index (χ1v) is 6.60. The molecule has 108 valence electrons. The summed E-state index contributed by atoms with van der Waals surface area (Å²) in [5.74, 6) is -0.339. The van der Waals surface area contributed by atoms with Crippen LogP contribution in [0.25, 0.3) is 0 Å². The van der Waals surface area contributed by atoms with Crippen LogP contribution in [-0.4, -0.2) is 29.4 Å². The Morgan fingerprint density at radius 3 is 2.35 bits per heavy atom. The Kier molecular flexibility index (Phi) is 5.97. The zero-order chi connectivity index (χ0) is 15.1. The van der Waals surface area contributed by atoms with Gasteiger partial charge in [0.15, 0.2) is 0 Å². The summed E-state index contributed by atoms with van der Waals surface area (Å²) in [7, 11) is 0. The first-order chi connectivity index (χ1) is 9.43. The second-order valence-corrected chi connectivity index (χ2v) is 4.84. The van der Waals surface area contributed by atoms with Crippen LogP contribution in [0.4, 0.5) is 0 Å². The summed E-state index contributed by atoms with van der Waals surface area (Å²) in [6.07, 6.45) is 1.55. The zero-order valence-corrected chi connectivity index (χ0v) is 12.3. The molecule has 1 amide bonds. The molecule has 0 unspecified atom stereocenters. The predicted molar refractivity (Wildman–Crippen MR) is 78.3 cm³/mol. The average molecular weight is 275 g/mol. The van der Waals surface area contributed by atoms with Crippen molar-refractivity contribution in [1.82, 2.24) is 4.90 Å². The Labute approximate surface area is 120 Å². The molecule has 0 aliphatic carbocycles. The highest BCUT2D eigenvalue weighted by atomic mass is 16.5. The quantitative estimate of drug-likeness (QED) is 0.592. The smallest absolute Gasteiger partial charge is 0.338 e. The number of rotatable bonds is 6. The second kappa shape index (κ2) is 7.48. The fourth-order valence-corrected chi connectivity index (χ4v) is 1.71. The molecule has 4 heteroatoms. The van der Waals surface area contributed by atoms with Gasteiger partial charge in [-0.3, -0.25) is 4.79 Å². The fourth-order valence-electron chi connectivity index (χ4n) is 1.71. The van der Waals surface area contributed by atoms with Crippen molar-refractivity contribution in [2.24, 2.45) is 0 Å². The van der Waals surface area contributed by atoms with Crippen LogP contribution in [0.15, 0.2) is 36.9 Å². The van der Waals surface area contributed by atoms with Crippen molar-refractivity contribution in [3.63, 3.8) is 0 Å². The first kappa shape index (κ1) is 16.0. The summed E-state index contributed by atoms with van der Waals surface area (Å²) < 4.78 is 5.12. The number of carbonyl (C=O) groups is 2. The Hall–Kier alpha value is -2.10. The van der Waals surface area contributed by atoms with Gasteiger partial charge in [-0.2, -0.15) is 0 Å². The second-order valence-electron chi connectivity index (χ2n) is 4.84. The highest BCUT2D eigenvalue weighted by Crippen LogP contribution is 2.10. The van der Waals surface area contributed by atoms with E-state index in [1.807, 2.05) is 26.0 Å². The zero-order valence-electron chi connectivity index (χ0n) is 12.3. The van der Waals surface area contributed by atoms with Crippen molar-refractivity contribution in [3.8, 4) is 0 Å². The van der Waals surface area contributed by atoms with Crippen molar-refractivity contribution in [1.29, 1.82) is 0 Å². The number of hydrogen-bond acceptors (Lipinski definition) is 3. The largest absolute Gasteiger partial charge is 0.459 e. The monoisotopic (exact) mass is 275 g/mol. The minimum atomic E-state index is -0.332. The van der Waals surface area contributed by atoms with Gasteiger partial charge in [-0.05, 0) is 31.5 Å². The van der Waals surface area contributed by atoms with Crippen LogP contribution in [0.2, 0.25) is 0 Å². The highest BCUT2D eigenvalue weighted by Gasteiger charge is 2.11. The SMILES string of the molecule is C=CCN(Cc1ccc(C(=O)OC(C)C)cc1)C(C)=O. The summed E-state index contributed by atoms with van der Waals surface area (Å²) in [6.45, 7) is 9.79. The van der Waals surface area contributed by atoms with Crippen molar-refractivity contribution < 1.29 is 14.3 Å². The molecule has 0 heterocycles. The van der Waals surface area contributed by atoms with E-state index >= 15 is 0 Å². The molecule has 0 N–H and O–H groups in total. The minimum Gasteiger partial charge on any atom is -0.459 e. The number of esters is 1. The number of hydrogen-bond donors (Lipinski definition) is 0. The molecule has 1 aromatic carbocycles. The summed E-state index contributed by atoms with van der Waals surface area (Å²) in [4.78, 5) is 24.8. The lowest BCUT2D eigenvalue weighted by atomic mass is 10.1. The van der Waals surface area contributed by atoms with E-state index in [1.165, 1.54) is 6.92 Å². The average Bonchev–Trinajstić information content (AvgIpc) is 2.38. The van der Waals surface area contributed by atoms with Gasteiger partial charge in [0, 0.05) is 20.0 Å². The van der Waals surface area contributed by atoms with E-state index in [0.717, 1.165) is 5.56 Å². The molecule has 0 aliphatic rings. The number of carbonyl (C=O) groups excluding carboxylic acids is 2. The summed E-state index contributed by atoms with van der Waals surface area (Å²) in [5.41, 5.74) is 1.48. The molecule has 0 spiro atoms. The standard InChI is InChI=1S/C16H21NO3/c1-5-10-17(13(4)18)11-14-6-8-15(9-7-14)16(19)20-12(2)3/h5-9,12H,1,10-11H2,2-4H3. The van der Waals surface area contributed by atoms with E-state index in [9.17, 15) is 9.59 Å². The number of nitrogens with zero attached hydrogens (tertiary/aromatic N) is 1. The van der Waals surface area contributed by atoms with Crippen LogP contribution < -0.4 is 0 Å². The Balaban J connectivity index is 2.73. The lowest BCUT2D eigenvalue weighted by Gasteiger charge is -2.19. The first-order valence-electron chi connectivity index (χ1n) is 6.60. The van der Waals surface area contributed by atoms with Gasteiger partial charge in [-0.1, -0.05) is 18.2 Å². The van der Waals surface area contributed by atoms with Crippen LogP contribution >= 0.6 is 0 Å². The van der Waals surface area contributed by atoms with E-state index in [1.54, 1.807) is 23.1 Å². The van der Waals surface area contributed by atoms with Crippen LogP contribution in [0, 0.1) is 0 Å². The van der Waals surface area contributed by atoms with Crippen LogP contribution in [-0.2, 0) is 16.1 Å². The van der Waals surface area contributed by atoms with E-state index in [2.05, 4.69) is 6.58 Å². The highest BCUT2D eigenvalue weighted by molar-refractivity contribution is 5.89. The summed E-state index contributed by atoms with van der Waals surface area (Å²) in [6, 6.07) is 7.09. The lowest BCUT2D eigenvalue weighted by Crippen LogP contribution is -2.28. The van der Waals surface area contributed by atoms with E-state index < -0.39 is 0 Å². The van der Waals surface area contributed by atoms with E-state index in [4.69, 9.17) is 4.74 Å². The molecule has 20 heavy (non-hydrogen) atoms. The summed E-state index contributed by atoms with van der Waals surface area (Å²) in [5, 5.41) is 0. The number of ether oxygens (including phenoxy) is 1. The van der Waals surface area contributed by atoms with Crippen molar-refractivity contribution >= 4 is 11.9 Å². The Morgan fingerprint density at radius 2 is 1.90 bits per heavy atom. The maximum atomic E-state index is 11.7. The Bertz CT molecular complexity index is 477. The lowest BCUT2D eigenvalue weighted by molar-refractivity contribution is -0.128. The molecule has 0 bridgehead atoms. The molecule has 1 aromatic rings. The third kappa shape index (κ3) is 4.88. The molecule has 0 saturated carbocycles. The van der Waals surface area contributed by atoms with Gasteiger partial charge >= 0.3 is 5.97 Å². The molecule has 0 radical (unpaired) electrons. The van der Waals surface area contributed by atoms with Crippen LogP contribution in [0.3, 0.4) is 0 Å². The minimum absolute atomic E-state index is 0.00630. The van der Waals surface area contributed by atoms with Crippen molar-refractivity contribution in [2.75, 3.05) is 6.54 Å². The van der Waals surface area contributed by atoms with Gasteiger partial charge in [-0.25, -0.2) is 4.79 Å². The maximum Gasteiger partial charge on any atom is 0.338 e.